The van der Waals surface area contributed by atoms with Crippen molar-refractivity contribution < 1.29 is 18.9 Å². The third-order valence-electron chi connectivity index (χ3n) is 5.37. The molecule has 2 aromatic heterocycles. The van der Waals surface area contributed by atoms with Gasteiger partial charge >= 0.3 is 0 Å². The molecule has 184 valence electrons. The van der Waals surface area contributed by atoms with E-state index >= 15 is 0 Å². The van der Waals surface area contributed by atoms with Crippen LogP contribution in [0.5, 0.6) is 11.5 Å². The number of nitrogens with one attached hydrogen (secondary N) is 1. The van der Waals surface area contributed by atoms with Gasteiger partial charge in [0.15, 0.2) is 17.1 Å². The maximum Gasteiger partial charge on any atom is 0.168 e. The standard InChI is InChI=1S/C26H31N5O4/c1-18-11-19(2)13-21(12-18)31-26-22(16-30-31)25(28-17-29-26)27-15-20-5-6-23(34-9-7-32-3)24(14-20)35-10-8-33-4/h5-6,11-14,16-17H,7-10,15H2,1-4H3,(H,27,28,29). The second-order valence-electron chi connectivity index (χ2n) is 8.18. The second-order valence-corrected chi connectivity index (χ2v) is 8.18. The summed E-state index contributed by atoms with van der Waals surface area (Å²) in [4.78, 5) is 8.94. The molecule has 0 amide bonds. The quantitative estimate of drug-likeness (QED) is 0.305. The molecule has 0 aliphatic carbocycles. The molecule has 0 aliphatic heterocycles. The number of anilines is 1. The van der Waals surface area contributed by atoms with E-state index in [2.05, 4.69) is 52.4 Å². The number of hydrogen-bond donors (Lipinski definition) is 1. The predicted molar refractivity (Wildman–Crippen MR) is 135 cm³/mol. The third kappa shape index (κ3) is 6.06. The van der Waals surface area contributed by atoms with Crippen LogP contribution in [-0.4, -0.2) is 60.4 Å². The van der Waals surface area contributed by atoms with E-state index in [1.807, 2.05) is 22.9 Å². The minimum Gasteiger partial charge on any atom is -0.487 e. The lowest BCUT2D eigenvalue weighted by Gasteiger charge is -2.14. The van der Waals surface area contributed by atoms with Crippen LogP contribution < -0.4 is 14.8 Å². The number of aryl methyl sites for hydroxylation is 2. The monoisotopic (exact) mass is 477 g/mol. The van der Waals surface area contributed by atoms with Crippen molar-refractivity contribution in [1.82, 2.24) is 19.7 Å². The Balaban J connectivity index is 1.53. The molecule has 0 atom stereocenters. The first-order chi connectivity index (χ1) is 17.1. The zero-order valence-corrected chi connectivity index (χ0v) is 20.6. The molecule has 9 heteroatoms. The summed E-state index contributed by atoms with van der Waals surface area (Å²) in [6, 6.07) is 12.2. The molecule has 35 heavy (non-hydrogen) atoms. The van der Waals surface area contributed by atoms with Crippen molar-refractivity contribution in [2.75, 3.05) is 46.0 Å². The second kappa shape index (κ2) is 11.6. The van der Waals surface area contributed by atoms with Crippen molar-refractivity contribution in [3.63, 3.8) is 0 Å². The van der Waals surface area contributed by atoms with Crippen LogP contribution in [0.15, 0.2) is 48.9 Å². The lowest BCUT2D eigenvalue weighted by Crippen LogP contribution is -2.09. The lowest BCUT2D eigenvalue weighted by molar-refractivity contribution is 0.132. The number of methoxy groups -OCH3 is 2. The fourth-order valence-corrected chi connectivity index (χ4v) is 3.80. The van der Waals surface area contributed by atoms with Gasteiger partial charge in [0.05, 0.1) is 30.5 Å². The molecule has 0 saturated carbocycles. The van der Waals surface area contributed by atoms with E-state index in [0.717, 1.165) is 22.3 Å². The Hall–Kier alpha value is -3.69. The van der Waals surface area contributed by atoms with Crippen LogP contribution in [0, 0.1) is 13.8 Å². The van der Waals surface area contributed by atoms with Crippen molar-refractivity contribution in [3.8, 4) is 17.2 Å². The first-order valence-corrected chi connectivity index (χ1v) is 11.5. The molecule has 2 aromatic carbocycles. The van der Waals surface area contributed by atoms with Gasteiger partial charge in [-0.15, -0.1) is 0 Å². The molecular weight excluding hydrogens is 446 g/mol. The maximum atomic E-state index is 5.89. The largest absolute Gasteiger partial charge is 0.487 e. The lowest BCUT2D eigenvalue weighted by atomic mass is 10.1. The molecule has 4 aromatic rings. The zero-order chi connectivity index (χ0) is 24.6. The van der Waals surface area contributed by atoms with Gasteiger partial charge in [0.1, 0.15) is 25.4 Å². The smallest absolute Gasteiger partial charge is 0.168 e. The molecule has 0 unspecified atom stereocenters. The highest BCUT2D eigenvalue weighted by Crippen LogP contribution is 2.29. The highest BCUT2D eigenvalue weighted by molar-refractivity contribution is 5.87. The fourth-order valence-electron chi connectivity index (χ4n) is 3.80. The van der Waals surface area contributed by atoms with Gasteiger partial charge in [-0.2, -0.15) is 5.10 Å². The van der Waals surface area contributed by atoms with Crippen LogP contribution in [0.2, 0.25) is 0 Å². The van der Waals surface area contributed by atoms with Crippen molar-refractivity contribution >= 4 is 16.9 Å². The van der Waals surface area contributed by atoms with Crippen LogP contribution >= 0.6 is 0 Å². The molecule has 0 radical (unpaired) electrons. The van der Waals surface area contributed by atoms with E-state index in [9.17, 15) is 0 Å². The Bertz CT molecular complexity index is 1250. The number of nitrogens with zero attached hydrogens (tertiary/aromatic N) is 4. The summed E-state index contributed by atoms with van der Waals surface area (Å²) in [5.74, 6) is 2.04. The Morgan fingerprint density at radius 1 is 0.829 bits per heavy atom. The molecule has 0 saturated heterocycles. The first-order valence-electron chi connectivity index (χ1n) is 11.5. The summed E-state index contributed by atoms with van der Waals surface area (Å²) in [6.07, 6.45) is 3.35. The van der Waals surface area contributed by atoms with Crippen LogP contribution in [0.4, 0.5) is 5.82 Å². The fraction of sp³-hybridized carbons (Fsp3) is 0.346. The van der Waals surface area contributed by atoms with Gasteiger partial charge in [-0.05, 0) is 54.8 Å². The topological polar surface area (TPSA) is 92.6 Å². The average Bonchev–Trinajstić information content (AvgIpc) is 3.28. The Labute approximate surface area is 205 Å². The molecule has 0 bridgehead atoms. The zero-order valence-electron chi connectivity index (χ0n) is 20.6. The van der Waals surface area contributed by atoms with E-state index < -0.39 is 0 Å². The molecule has 4 rings (SSSR count). The van der Waals surface area contributed by atoms with E-state index in [1.54, 1.807) is 26.7 Å². The van der Waals surface area contributed by atoms with Crippen molar-refractivity contribution in [2.45, 2.75) is 20.4 Å². The molecule has 0 aliphatic rings. The van der Waals surface area contributed by atoms with Crippen LogP contribution in [0.1, 0.15) is 16.7 Å². The first kappa shape index (κ1) is 24.4. The van der Waals surface area contributed by atoms with Crippen molar-refractivity contribution in [1.29, 1.82) is 0 Å². The van der Waals surface area contributed by atoms with Crippen molar-refractivity contribution in [2.24, 2.45) is 0 Å². The number of hydrogen-bond acceptors (Lipinski definition) is 8. The summed E-state index contributed by atoms with van der Waals surface area (Å²) in [7, 11) is 3.29. The Morgan fingerprint density at radius 3 is 2.26 bits per heavy atom. The highest BCUT2D eigenvalue weighted by Gasteiger charge is 2.13. The summed E-state index contributed by atoms with van der Waals surface area (Å²) < 4.78 is 23.7. The van der Waals surface area contributed by atoms with Crippen LogP contribution in [0.25, 0.3) is 16.7 Å². The molecule has 2 heterocycles. The molecular formula is C26H31N5O4. The molecule has 0 fully saturated rings. The number of rotatable bonds is 12. The third-order valence-corrected chi connectivity index (χ3v) is 5.37. The van der Waals surface area contributed by atoms with E-state index in [-0.39, 0.29) is 0 Å². The van der Waals surface area contributed by atoms with Gasteiger partial charge in [-0.1, -0.05) is 12.1 Å². The normalized spacial score (nSPS) is 11.1. The van der Waals surface area contributed by atoms with Crippen LogP contribution in [-0.2, 0) is 16.0 Å². The van der Waals surface area contributed by atoms with E-state index in [1.165, 1.54) is 11.1 Å². The Morgan fingerprint density at radius 2 is 1.54 bits per heavy atom. The van der Waals surface area contributed by atoms with Gasteiger partial charge < -0.3 is 24.3 Å². The number of fused-ring (bicyclic) bond motifs is 1. The van der Waals surface area contributed by atoms with Gasteiger partial charge in [-0.25, -0.2) is 14.6 Å². The van der Waals surface area contributed by atoms with Gasteiger partial charge in [0.25, 0.3) is 0 Å². The highest BCUT2D eigenvalue weighted by atomic mass is 16.5. The number of aromatic nitrogens is 4. The predicted octanol–water partition coefficient (Wildman–Crippen LogP) is 4.09. The SMILES string of the molecule is COCCOc1ccc(CNc2ncnc3c2cnn3-c2cc(C)cc(C)c2)cc1OCCOC. The summed E-state index contributed by atoms with van der Waals surface area (Å²) in [5, 5.41) is 8.84. The summed E-state index contributed by atoms with van der Waals surface area (Å²) in [5.41, 5.74) is 5.09. The average molecular weight is 478 g/mol. The minimum atomic E-state index is 0.429. The molecule has 1 N–H and O–H groups in total. The van der Waals surface area contributed by atoms with E-state index in [4.69, 9.17) is 18.9 Å². The molecule has 0 spiro atoms. The van der Waals surface area contributed by atoms with Gasteiger partial charge in [0, 0.05) is 20.8 Å². The summed E-state index contributed by atoms with van der Waals surface area (Å²) in [6.45, 7) is 6.55. The van der Waals surface area contributed by atoms with Gasteiger partial charge in [-0.3, -0.25) is 0 Å². The van der Waals surface area contributed by atoms with E-state index in [0.29, 0.717) is 50.3 Å². The van der Waals surface area contributed by atoms with Crippen molar-refractivity contribution in [3.05, 3.63) is 65.6 Å². The van der Waals surface area contributed by atoms with Gasteiger partial charge in [0.2, 0.25) is 0 Å². The minimum absolute atomic E-state index is 0.429. The molecule has 9 nitrogen and oxygen atoms in total. The van der Waals surface area contributed by atoms with Crippen LogP contribution in [0.3, 0.4) is 0 Å². The maximum absolute atomic E-state index is 5.89. The Kier molecular flexibility index (Phi) is 8.12. The number of ether oxygens (including phenoxy) is 4. The summed E-state index contributed by atoms with van der Waals surface area (Å²) >= 11 is 0. The number of benzene rings is 2.